The molecule has 1 aliphatic heterocycles. The summed E-state index contributed by atoms with van der Waals surface area (Å²) in [4.78, 5) is 27.0. The van der Waals surface area contributed by atoms with Crippen LogP contribution in [0.25, 0.3) is 5.59 Å². The maximum absolute atomic E-state index is 7.75. The number of nitrogens with zero attached hydrogens (tertiary/aromatic N) is 3. The van der Waals surface area contributed by atoms with E-state index < -0.39 is 0 Å². The van der Waals surface area contributed by atoms with E-state index in [1.165, 1.54) is 11.4 Å². The van der Waals surface area contributed by atoms with E-state index in [9.17, 15) is 0 Å². The Morgan fingerprint density at radius 2 is 1.12 bits per heavy atom. The van der Waals surface area contributed by atoms with Gasteiger partial charge in [0.15, 0.2) is 0 Å². The molecule has 0 unspecified atom stereocenters. The minimum absolute atomic E-state index is 0. The first kappa shape index (κ1) is 24.2. The fourth-order valence-corrected chi connectivity index (χ4v) is 0.943. The summed E-state index contributed by atoms with van der Waals surface area (Å²) in [5.41, 5.74) is 8.41. The maximum Gasteiger partial charge on any atom is 0 e. The van der Waals surface area contributed by atoms with Crippen LogP contribution in [-0.4, -0.2) is 37.5 Å². The molecule has 0 saturated heterocycles. The van der Waals surface area contributed by atoms with Gasteiger partial charge in [0.25, 0.3) is 0 Å². The van der Waals surface area contributed by atoms with Crippen molar-refractivity contribution >= 4 is 13.6 Å². The second kappa shape index (κ2) is 16.2. The van der Waals surface area contributed by atoms with E-state index in [-0.39, 0.29) is 16.8 Å². The van der Waals surface area contributed by atoms with Crippen LogP contribution in [0.3, 0.4) is 0 Å². The van der Waals surface area contributed by atoms with Gasteiger partial charge in [-0.1, -0.05) is 0 Å². The molecule has 97 valence electrons. The van der Waals surface area contributed by atoms with Gasteiger partial charge in [-0.3, -0.25) is 13.6 Å². The van der Waals surface area contributed by atoms with Gasteiger partial charge >= 0.3 is 0 Å². The summed E-state index contributed by atoms with van der Waals surface area (Å²) in [5, 5.41) is 0. The van der Waals surface area contributed by atoms with Gasteiger partial charge in [-0.2, -0.15) is 6.67 Å². The van der Waals surface area contributed by atoms with Gasteiger partial charge in [-0.05, 0) is 39.3 Å². The summed E-state index contributed by atoms with van der Waals surface area (Å²) in [6.45, 7) is 12.8. The number of nitroso groups, excluding NO2 is 1. The van der Waals surface area contributed by atoms with E-state index in [0.29, 0.717) is 0 Å². The Balaban J connectivity index is -0.0000000900. The Morgan fingerprint density at radius 3 is 1.19 bits per heavy atom. The second-order valence-corrected chi connectivity index (χ2v) is 2.51. The molecular formula is C9H15CoN3O3-4. The topological polar surface area (TPSA) is 80.0 Å². The van der Waals surface area contributed by atoms with Gasteiger partial charge in [0.1, 0.15) is 0 Å². The molecule has 1 aliphatic rings. The molecule has 0 atom stereocenters. The van der Waals surface area contributed by atoms with Crippen molar-refractivity contribution in [3.8, 4) is 0 Å². The molecule has 0 spiro atoms. The summed E-state index contributed by atoms with van der Waals surface area (Å²) in [6.07, 6.45) is 0. The molecular weight excluding hydrogens is 257 g/mol. The van der Waals surface area contributed by atoms with Crippen LogP contribution in [-0.2, 0) is 26.4 Å². The zero-order chi connectivity index (χ0) is 13.0. The third-order valence-electron chi connectivity index (χ3n) is 1.93. The van der Waals surface area contributed by atoms with Crippen LogP contribution in [0.4, 0.5) is 0 Å². The molecule has 1 rings (SSSR count). The maximum atomic E-state index is 7.75. The van der Waals surface area contributed by atoms with Gasteiger partial charge in [-0.25, -0.2) is 0 Å². The third kappa shape index (κ3) is 8.12. The van der Waals surface area contributed by atoms with Crippen molar-refractivity contribution in [1.29, 1.82) is 0 Å². The van der Waals surface area contributed by atoms with Crippen LogP contribution >= 0.6 is 0 Å². The van der Waals surface area contributed by atoms with Gasteiger partial charge in [0.05, 0.1) is 0 Å². The van der Waals surface area contributed by atoms with E-state index >= 15 is 0 Å². The Kier molecular flexibility index (Phi) is 24.5. The average Bonchev–Trinajstić information content (AvgIpc) is 2.54. The van der Waals surface area contributed by atoms with Crippen LogP contribution in [0.15, 0.2) is 11.4 Å². The van der Waals surface area contributed by atoms with Crippen LogP contribution in [0, 0.1) is 11.6 Å². The SMILES string of the molecule is CC1=C(C)N(C)[CH-]N1C.[CH-]=O.[CH-]=O.[Co].[N-]=O. The van der Waals surface area contributed by atoms with E-state index in [1.54, 1.807) is 0 Å². The quantitative estimate of drug-likeness (QED) is 0.485. The predicted octanol–water partition coefficient (Wildman–Crippen LogP) is 1.01. The Labute approximate surface area is 107 Å². The van der Waals surface area contributed by atoms with Crippen molar-refractivity contribution < 1.29 is 26.4 Å². The molecule has 0 bridgehead atoms. The first-order valence-electron chi connectivity index (χ1n) is 3.76. The number of hydrogen-bond acceptors (Lipinski definition) is 5. The molecule has 16 heavy (non-hydrogen) atoms. The molecule has 0 saturated carbocycles. The Hall–Kier alpha value is -1.21. The van der Waals surface area contributed by atoms with Crippen molar-refractivity contribution in [2.24, 2.45) is 0 Å². The zero-order valence-electron chi connectivity index (χ0n) is 9.63. The van der Waals surface area contributed by atoms with Crippen molar-refractivity contribution in [1.82, 2.24) is 9.80 Å². The Morgan fingerprint density at radius 1 is 0.938 bits per heavy atom. The number of carbonyl (C=O) groups excluding carboxylic acids is 2. The summed E-state index contributed by atoms with van der Waals surface area (Å²) in [6, 6.07) is 0. The molecule has 1 heterocycles. The summed E-state index contributed by atoms with van der Waals surface area (Å²) < 4.78 is 0. The molecule has 0 N–H and O–H groups in total. The fourth-order valence-electron chi connectivity index (χ4n) is 0.943. The Bertz CT molecular complexity index is 182. The van der Waals surface area contributed by atoms with Crippen molar-refractivity contribution in [2.45, 2.75) is 13.8 Å². The van der Waals surface area contributed by atoms with Crippen LogP contribution in [0.5, 0.6) is 0 Å². The van der Waals surface area contributed by atoms with Crippen LogP contribution in [0.2, 0.25) is 0 Å². The first-order valence-corrected chi connectivity index (χ1v) is 3.76. The van der Waals surface area contributed by atoms with Gasteiger partial charge in [-0.15, -0.1) is 0 Å². The normalized spacial score (nSPS) is 12.0. The van der Waals surface area contributed by atoms with Gasteiger partial charge < -0.3 is 29.9 Å². The largest absolute Gasteiger partial charge is 0.577 e. The van der Waals surface area contributed by atoms with Gasteiger partial charge in [0.2, 0.25) is 0 Å². The van der Waals surface area contributed by atoms with E-state index in [4.69, 9.17) is 20.1 Å². The van der Waals surface area contributed by atoms with Crippen molar-refractivity contribution in [3.63, 3.8) is 0 Å². The summed E-state index contributed by atoms with van der Waals surface area (Å²) >= 11 is 0. The molecule has 0 amide bonds. The fraction of sp³-hybridized carbons (Fsp3) is 0.444. The predicted molar refractivity (Wildman–Crippen MR) is 58.4 cm³/mol. The van der Waals surface area contributed by atoms with Crippen LogP contribution in [0.1, 0.15) is 13.8 Å². The summed E-state index contributed by atoms with van der Waals surface area (Å²) in [7, 11) is 4.12. The van der Waals surface area contributed by atoms with E-state index in [0.717, 1.165) is 0 Å². The number of rotatable bonds is 0. The van der Waals surface area contributed by atoms with Crippen molar-refractivity contribution in [3.05, 3.63) is 28.6 Å². The first-order chi connectivity index (χ1) is 7.13. The molecule has 0 fully saturated rings. The monoisotopic (exact) mass is 272 g/mol. The van der Waals surface area contributed by atoms with Crippen molar-refractivity contribution in [2.75, 3.05) is 14.1 Å². The molecule has 1 radical (unpaired) electrons. The molecule has 0 aromatic rings. The average molecular weight is 272 g/mol. The molecule has 7 heteroatoms. The molecule has 6 nitrogen and oxygen atoms in total. The smallest absolute Gasteiger partial charge is 0 e. The standard InChI is InChI=1S/C7H13N2.2CHO.Co.NO/c1-6-7(2)9(4)5-8(6)3;2*1-2;;1-2/h5H,1-4H3;2*1H;;/q3*-1;;-1. The number of hydrogen-bond donors (Lipinski definition) is 0. The zero-order valence-corrected chi connectivity index (χ0v) is 10.7. The van der Waals surface area contributed by atoms with Gasteiger partial charge in [0, 0.05) is 16.8 Å². The van der Waals surface area contributed by atoms with Crippen LogP contribution < -0.4 is 0 Å². The number of allylic oxidation sites excluding steroid dienone is 2. The third-order valence-corrected chi connectivity index (χ3v) is 1.93. The minimum Gasteiger partial charge on any atom is -0.577 e. The molecule has 0 aromatic heterocycles. The van der Waals surface area contributed by atoms with E-state index in [2.05, 4.69) is 58.0 Å². The molecule has 0 aliphatic carbocycles. The van der Waals surface area contributed by atoms with E-state index in [1.807, 2.05) is 0 Å². The summed E-state index contributed by atoms with van der Waals surface area (Å²) in [5.74, 6) is 0. The second-order valence-electron chi connectivity index (χ2n) is 2.51. The molecule has 0 aromatic carbocycles. The minimum atomic E-state index is 0.